The molecule has 0 atom stereocenters. The van der Waals surface area contributed by atoms with Crippen LogP contribution in [0.1, 0.15) is 4.88 Å². The van der Waals surface area contributed by atoms with Crippen LogP contribution in [0.3, 0.4) is 0 Å². The second-order valence-electron chi connectivity index (χ2n) is 4.33. The molecule has 0 aliphatic rings. The Kier molecular flexibility index (Phi) is 4.06. The van der Waals surface area contributed by atoms with E-state index in [-0.39, 0.29) is 4.90 Å². The van der Waals surface area contributed by atoms with Crippen molar-refractivity contribution in [3.05, 3.63) is 44.4 Å². The van der Waals surface area contributed by atoms with Crippen LogP contribution >= 0.6 is 38.6 Å². The summed E-state index contributed by atoms with van der Waals surface area (Å²) < 4.78 is 29.2. The molecule has 0 saturated carbocycles. The summed E-state index contributed by atoms with van der Waals surface area (Å²) in [5.74, 6) is 0. The minimum Gasteiger partial charge on any atom is -0.326 e. The van der Waals surface area contributed by atoms with E-state index in [0.29, 0.717) is 16.0 Å². The first-order valence-corrected chi connectivity index (χ1v) is 9.95. The smallest absolute Gasteiger partial charge is 0.263 e. The van der Waals surface area contributed by atoms with Crippen molar-refractivity contribution in [2.24, 2.45) is 5.73 Å². The van der Waals surface area contributed by atoms with Crippen LogP contribution in [0.15, 0.2) is 44.4 Å². The number of nitrogens with one attached hydrogen (secondary N) is 1. The van der Waals surface area contributed by atoms with Gasteiger partial charge in [0.15, 0.2) is 0 Å². The van der Waals surface area contributed by atoms with Gasteiger partial charge in [0.05, 0.1) is 3.79 Å². The van der Waals surface area contributed by atoms with Crippen molar-refractivity contribution in [3.63, 3.8) is 0 Å². The van der Waals surface area contributed by atoms with E-state index in [1.807, 2.05) is 23.6 Å². The van der Waals surface area contributed by atoms with Crippen LogP contribution in [-0.2, 0) is 16.6 Å². The Morgan fingerprint density at radius 1 is 1.24 bits per heavy atom. The zero-order valence-corrected chi connectivity index (χ0v) is 14.7. The van der Waals surface area contributed by atoms with Crippen LogP contribution < -0.4 is 10.5 Å². The average molecular weight is 403 g/mol. The maximum atomic E-state index is 12.5. The predicted octanol–water partition coefficient (Wildman–Crippen LogP) is 3.98. The number of halogens is 1. The van der Waals surface area contributed by atoms with Crippen LogP contribution in [0, 0.1) is 0 Å². The molecule has 0 aliphatic carbocycles. The molecular formula is C13H11BrN2O2S3. The largest absolute Gasteiger partial charge is 0.326 e. The molecule has 0 spiro atoms. The number of anilines is 1. The number of benzene rings is 1. The van der Waals surface area contributed by atoms with Crippen LogP contribution in [0.2, 0.25) is 0 Å². The number of thiophene rings is 2. The van der Waals surface area contributed by atoms with Crippen molar-refractivity contribution < 1.29 is 8.42 Å². The number of rotatable bonds is 4. The van der Waals surface area contributed by atoms with Crippen LogP contribution in [0.4, 0.5) is 5.69 Å². The Balaban J connectivity index is 1.96. The van der Waals surface area contributed by atoms with Gasteiger partial charge in [-0.3, -0.25) is 4.72 Å². The number of nitrogens with two attached hydrogens (primary N) is 1. The fraction of sp³-hybridized carbons (Fsp3) is 0.0769. The third-order valence-corrected chi connectivity index (χ3v) is 7.46. The second-order valence-corrected chi connectivity index (χ2v) is 9.39. The molecule has 3 rings (SSSR count). The highest BCUT2D eigenvalue weighted by Gasteiger charge is 2.21. The molecule has 3 aromatic rings. The summed E-state index contributed by atoms with van der Waals surface area (Å²) >= 11 is 6.24. The minimum atomic E-state index is -3.62. The summed E-state index contributed by atoms with van der Waals surface area (Å²) in [6.07, 6.45) is 0. The van der Waals surface area contributed by atoms with E-state index in [9.17, 15) is 8.42 Å². The van der Waals surface area contributed by atoms with Crippen LogP contribution in [-0.4, -0.2) is 8.42 Å². The van der Waals surface area contributed by atoms with Gasteiger partial charge in [-0.15, -0.1) is 22.7 Å². The van der Waals surface area contributed by atoms with Gasteiger partial charge in [0.1, 0.15) is 4.90 Å². The number of sulfonamides is 1. The van der Waals surface area contributed by atoms with Crippen molar-refractivity contribution in [2.75, 3.05) is 4.72 Å². The Morgan fingerprint density at radius 2 is 2.05 bits per heavy atom. The lowest BCUT2D eigenvalue weighted by Gasteiger charge is -2.07. The molecule has 2 heterocycles. The first-order chi connectivity index (χ1) is 9.99. The molecule has 0 unspecified atom stereocenters. The highest BCUT2D eigenvalue weighted by Crippen LogP contribution is 2.33. The lowest BCUT2D eigenvalue weighted by molar-refractivity contribution is 0.601. The third kappa shape index (κ3) is 3.00. The lowest BCUT2D eigenvalue weighted by Crippen LogP contribution is -2.12. The molecule has 4 nitrogen and oxygen atoms in total. The van der Waals surface area contributed by atoms with E-state index < -0.39 is 10.0 Å². The van der Waals surface area contributed by atoms with Crippen molar-refractivity contribution in [2.45, 2.75) is 11.4 Å². The molecule has 0 amide bonds. The molecule has 1 aromatic carbocycles. The van der Waals surface area contributed by atoms with Gasteiger partial charge in [-0.25, -0.2) is 8.42 Å². The second kappa shape index (κ2) is 5.69. The highest BCUT2D eigenvalue weighted by molar-refractivity contribution is 9.11. The summed E-state index contributed by atoms with van der Waals surface area (Å²) in [5, 5.41) is 3.00. The van der Waals surface area contributed by atoms with E-state index in [4.69, 9.17) is 5.73 Å². The molecule has 0 bridgehead atoms. The lowest BCUT2D eigenvalue weighted by atomic mass is 10.2. The molecule has 0 radical (unpaired) electrons. The molecule has 2 aromatic heterocycles. The normalized spacial score (nSPS) is 11.9. The molecule has 110 valence electrons. The Hall–Kier alpha value is -0.930. The maximum Gasteiger partial charge on any atom is 0.263 e. The summed E-state index contributed by atoms with van der Waals surface area (Å²) in [4.78, 5) is 1.04. The quantitative estimate of drug-likeness (QED) is 0.692. The molecule has 0 saturated heterocycles. The van der Waals surface area contributed by atoms with Gasteiger partial charge >= 0.3 is 0 Å². The summed E-state index contributed by atoms with van der Waals surface area (Å²) in [6.45, 7) is 0.319. The van der Waals surface area contributed by atoms with Crippen molar-refractivity contribution in [1.82, 2.24) is 0 Å². The highest BCUT2D eigenvalue weighted by atomic mass is 79.9. The number of fused-ring (bicyclic) bond motifs is 1. The van der Waals surface area contributed by atoms with Crippen LogP contribution in [0.25, 0.3) is 10.1 Å². The van der Waals surface area contributed by atoms with Gasteiger partial charge in [0.25, 0.3) is 10.0 Å². The topological polar surface area (TPSA) is 72.2 Å². The Bertz CT molecular complexity index is 899. The van der Waals surface area contributed by atoms with Crippen molar-refractivity contribution >= 4 is 64.4 Å². The van der Waals surface area contributed by atoms with E-state index >= 15 is 0 Å². The van der Waals surface area contributed by atoms with E-state index in [1.165, 1.54) is 11.3 Å². The summed E-state index contributed by atoms with van der Waals surface area (Å²) in [6, 6.07) is 9.06. The standard InChI is InChI=1S/C13H11BrN2O2S3/c14-13-12(6-10(7-15)20-13)21(17,18)16-9-1-2-11-8(5-9)3-4-19-11/h1-6,16H,7,15H2. The monoisotopic (exact) mass is 402 g/mol. The van der Waals surface area contributed by atoms with Gasteiger partial charge in [-0.1, -0.05) is 0 Å². The molecular weight excluding hydrogens is 392 g/mol. The SMILES string of the molecule is NCc1cc(S(=O)(=O)Nc2ccc3sccc3c2)c(Br)s1. The zero-order chi connectivity index (χ0) is 15.0. The Labute approximate surface area is 138 Å². The van der Waals surface area contributed by atoms with Gasteiger partial charge in [0, 0.05) is 21.8 Å². The van der Waals surface area contributed by atoms with Crippen molar-refractivity contribution in [1.29, 1.82) is 0 Å². The molecule has 21 heavy (non-hydrogen) atoms. The predicted molar refractivity (Wildman–Crippen MR) is 92.5 cm³/mol. The maximum absolute atomic E-state index is 12.5. The fourth-order valence-corrected chi connectivity index (χ4v) is 6.30. The van der Waals surface area contributed by atoms with Gasteiger partial charge in [-0.05, 0) is 57.0 Å². The number of hydrogen-bond acceptors (Lipinski definition) is 5. The molecule has 0 fully saturated rings. The number of hydrogen-bond donors (Lipinski definition) is 2. The summed E-state index contributed by atoms with van der Waals surface area (Å²) in [7, 11) is -3.62. The van der Waals surface area contributed by atoms with Gasteiger partial charge in [-0.2, -0.15) is 0 Å². The van der Waals surface area contributed by atoms with E-state index in [1.54, 1.807) is 23.5 Å². The molecule has 3 N–H and O–H groups in total. The molecule has 0 aliphatic heterocycles. The minimum absolute atomic E-state index is 0.221. The van der Waals surface area contributed by atoms with Gasteiger partial charge < -0.3 is 5.73 Å². The van der Waals surface area contributed by atoms with Crippen LogP contribution in [0.5, 0.6) is 0 Å². The summed E-state index contributed by atoms with van der Waals surface area (Å²) in [5.41, 5.74) is 6.10. The van der Waals surface area contributed by atoms with E-state index in [2.05, 4.69) is 20.7 Å². The first-order valence-electron chi connectivity index (χ1n) is 5.98. The van der Waals surface area contributed by atoms with E-state index in [0.717, 1.165) is 15.0 Å². The molecule has 8 heteroatoms. The average Bonchev–Trinajstić information content (AvgIpc) is 3.04. The fourth-order valence-electron chi connectivity index (χ4n) is 1.92. The first kappa shape index (κ1) is 15.0. The van der Waals surface area contributed by atoms with Gasteiger partial charge in [0.2, 0.25) is 0 Å². The Morgan fingerprint density at radius 3 is 2.76 bits per heavy atom. The zero-order valence-electron chi connectivity index (χ0n) is 10.7. The van der Waals surface area contributed by atoms with Crippen molar-refractivity contribution in [3.8, 4) is 0 Å². The third-order valence-electron chi connectivity index (χ3n) is 2.90.